The molecule has 88 valence electrons. The maximum Gasteiger partial charge on any atom is 0.216 e. The van der Waals surface area contributed by atoms with Gasteiger partial charge in [0, 0.05) is 13.5 Å². The highest BCUT2D eigenvalue weighted by Crippen LogP contribution is 2.18. The molecule has 16 heavy (non-hydrogen) atoms. The largest absolute Gasteiger partial charge is 0.354 e. The standard InChI is InChI=1S/C12H17FN2O/c1-9(16)14-8-12(15(2)3)10-5-4-6-11(13)7-10/h4-7,12H,8H2,1-3H3,(H,14,16)/t12-/m1/s1. The predicted octanol–water partition coefficient (Wildman–Crippen LogP) is 1.56. The lowest BCUT2D eigenvalue weighted by atomic mass is 10.1. The number of amides is 1. The van der Waals surface area contributed by atoms with E-state index in [1.165, 1.54) is 19.1 Å². The van der Waals surface area contributed by atoms with Crippen LogP contribution in [0.15, 0.2) is 24.3 Å². The Morgan fingerprint density at radius 2 is 2.19 bits per heavy atom. The summed E-state index contributed by atoms with van der Waals surface area (Å²) in [7, 11) is 3.80. The second-order valence-electron chi connectivity index (χ2n) is 3.97. The molecule has 0 radical (unpaired) electrons. The quantitative estimate of drug-likeness (QED) is 0.842. The number of hydrogen-bond donors (Lipinski definition) is 1. The average Bonchev–Trinajstić information content (AvgIpc) is 2.17. The lowest BCUT2D eigenvalue weighted by molar-refractivity contribution is -0.119. The van der Waals surface area contributed by atoms with E-state index in [1.54, 1.807) is 6.07 Å². The summed E-state index contributed by atoms with van der Waals surface area (Å²) in [4.78, 5) is 12.8. The van der Waals surface area contributed by atoms with Gasteiger partial charge in [-0.1, -0.05) is 12.1 Å². The van der Waals surface area contributed by atoms with E-state index < -0.39 is 0 Å². The van der Waals surface area contributed by atoms with Gasteiger partial charge in [0.25, 0.3) is 0 Å². The second kappa shape index (κ2) is 5.61. The van der Waals surface area contributed by atoms with E-state index in [1.807, 2.05) is 25.1 Å². The number of hydrogen-bond acceptors (Lipinski definition) is 2. The molecule has 0 aliphatic heterocycles. The van der Waals surface area contributed by atoms with Crippen molar-refractivity contribution in [1.82, 2.24) is 10.2 Å². The van der Waals surface area contributed by atoms with Crippen molar-refractivity contribution in [2.45, 2.75) is 13.0 Å². The molecule has 1 atom stereocenters. The van der Waals surface area contributed by atoms with Crippen molar-refractivity contribution >= 4 is 5.91 Å². The first-order chi connectivity index (χ1) is 7.50. The van der Waals surface area contributed by atoms with Crippen molar-refractivity contribution in [1.29, 1.82) is 0 Å². The van der Waals surface area contributed by atoms with Crippen molar-refractivity contribution < 1.29 is 9.18 Å². The van der Waals surface area contributed by atoms with Crippen LogP contribution in [0.25, 0.3) is 0 Å². The van der Waals surface area contributed by atoms with Crippen molar-refractivity contribution in [2.75, 3.05) is 20.6 Å². The Morgan fingerprint density at radius 3 is 2.69 bits per heavy atom. The molecular formula is C12H17FN2O. The summed E-state index contributed by atoms with van der Waals surface area (Å²) in [6, 6.07) is 6.42. The molecule has 0 saturated heterocycles. The van der Waals surface area contributed by atoms with Crippen LogP contribution in [-0.2, 0) is 4.79 Å². The molecule has 0 bridgehead atoms. The normalized spacial score (nSPS) is 12.6. The smallest absolute Gasteiger partial charge is 0.216 e. The van der Waals surface area contributed by atoms with Gasteiger partial charge in [0.05, 0.1) is 6.04 Å². The number of rotatable bonds is 4. The third-order valence-electron chi connectivity index (χ3n) is 2.40. The summed E-state index contributed by atoms with van der Waals surface area (Å²) < 4.78 is 13.1. The summed E-state index contributed by atoms with van der Waals surface area (Å²) in [5, 5.41) is 2.74. The molecule has 0 spiro atoms. The van der Waals surface area contributed by atoms with Crippen molar-refractivity contribution in [3.63, 3.8) is 0 Å². The van der Waals surface area contributed by atoms with Crippen LogP contribution in [0.4, 0.5) is 4.39 Å². The van der Waals surface area contributed by atoms with Gasteiger partial charge in [0.1, 0.15) is 5.82 Å². The number of nitrogens with one attached hydrogen (secondary N) is 1. The van der Waals surface area contributed by atoms with Gasteiger partial charge in [-0.05, 0) is 31.8 Å². The topological polar surface area (TPSA) is 32.3 Å². The summed E-state index contributed by atoms with van der Waals surface area (Å²) in [6.45, 7) is 1.95. The van der Waals surface area contributed by atoms with Gasteiger partial charge in [-0.3, -0.25) is 4.79 Å². The summed E-state index contributed by atoms with van der Waals surface area (Å²) in [5.74, 6) is -0.338. The summed E-state index contributed by atoms with van der Waals surface area (Å²) in [6.07, 6.45) is 0. The van der Waals surface area contributed by atoms with Gasteiger partial charge in [-0.25, -0.2) is 4.39 Å². The van der Waals surface area contributed by atoms with E-state index in [4.69, 9.17) is 0 Å². The first kappa shape index (κ1) is 12.6. The van der Waals surface area contributed by atoms with E-state index in [2.05, 4.69) is 5.32 Å². The van der Waals surface area contributed by atoms with Gasteiger partial charge >= 0.3 is 0 Å². The Bertz CT molecular complexity index is 366. The zero-order chi connectivity index (χ0) is 12.1. The fraction of sp³-hybridized carbons (Fsp3) is 0.417. The van der Waals surface area contributed by atoms with Crippen molar-refractivity contribution in [3.8, 4) is 0 Å². The molecule has 0 saturated carbocycles. The van der Waals surface area contributed by atoms with Crippen LogP contribution in [-0.4, -0.2) is 31.4 Å². The van der Waals surface area contributed by atoms with E-state index in [0.29, 0.717) is 6.54 Å². The van der Waals surface area contributed by atoms with E-state index in [-0.39, 0.29) is 17.8 Å². The zero-order valence-electron chi connectivity index (χ0n) is 9.83. The van der Waals surface area contributed by atoms with Gasteiger partial charge < -0.3 is 10.2 Å². The lowest BCUT2D eigenvalue weighted by Gasteiger charge is -2.24. The molecule has 0 aromatic heterocycles. The molecule has 0 unspecified atom stereocenters. The number of halogens is 1. The molecular weight excluding hydrogens is 207 g/mol. The number of nitrogens with zero attached hydrogens (tertiary/aromatic N) is 1. The van der Waals surface area contributed by atoms with Crippen LogP contribution in [0.2, 0.25) is 0 Å². The molecule has 0 aliphatic rings. The molecule has 3 nitrogen and oxygen atoms in total. The number of benzene rings is 1. The average molecular weight is 224 g/mol. The van der Waals surface area contributed by atoms with E-state index in [9.17, 15) is 9.18 Å². The molecule has 0 aliphatic carbocycles. The van der Waals surface area contributed by atoms with Gasteiger partial charge in [0.15, 0.2) is 0 Å². The molecule has 1 aromatic rings. The first-order valence-corrected chi connectivity index (χ1v) is 5.17. The molecule has 1 amide bonds. The highest BCUT2D eigenvalue weighted by Gasteiger charge is 2.14. The van der Waals surface area contributed by atoms with Crippen LogP contribution in [0, 0.1) is 5.82 Å². The Morgan fingerprint density at radius 1 is 1.50 bits per heavy atom. The maximum absolute atomic E-state index is 13.1. The molecule has 1 rings (SSSR count). The minimum Gasteiger partial charge on any atom is -0.354 e. The minimum absolute atomic E-state index is 0.0143. The number of carbonyl (C=O) groups is 1. The summed E-state index contributed by atoms with van der Waals surface area (Å²) >= 11 is 0. The van der Waals surface area contributed by atoms with E-state index >= 15 is 0 Å². The Labute approximate surface area is 95.3 Å². The Balaban J connectivity index is 2.81. The van der Waals surface area contributed by atoms with Crippen molar-refractivity contribution in [3.05, 3.63) is 35.6 Å². The maximum atomic E-state index is 13.1. The Hall–Kier alpha value is -1.42. The first-order valence-electron chi connectivity index (χ1n) is 5.17. The summed E-state index contributed by atoms with van der Waals surface area (Å²) in [5.41, 5.74) is 0.860. The van der Waals surface area contributed by atoms with Crippen LogP contribution >= 0.6 is 0 Å². The van der Waals surface area contributed by atoms with Crippen LogP contribution in [0.3, 0.4) is 0 Å². The van der Waals surface area contributed by atoms with E-state index in [0.717, 1.165) is 5.56 Å². The highest BCUT2D eigenvalue weighted by molar-refractivity contribution is 5.72. The number of likely N-dealkylation sites (N-methyl/N-ethyl adjacent to an activating group) is 1. The Kier molecular flexibility index (Phi) is 4.43. The van der Waals surface area contributed by atoms with Gasteiger partial charge in [-0.2, -0.15) is 0 Å². The third-order valence-corrected chi connectivity index (χ3v) is 2.40. The fourth-order valence-electron chi connectivity index (χ4n) is 1.55. The van der Waals surface area contributed by atoms with Crippen LogP contribution in [0.5, 0.6) is 0 Å². The van der Waals surface area contributed by atoms with Gasteiger partial charge in [0.2, 0.25) is 5.91 Å². The number of carbonyl (C=O) groups excluding carboxylic acids is 1. The second-order valence-corrected chi connectivity index (χ2v) is 3.97. The lowest BCUT2D eigenvalue weighted by Crippen LogP contribution is -2.33. The minimum atomic E-state index is -0.257. The monoisotopic (exact) mass is 224 g/mol. The third kappa shape index (κ3) is 3.62. The molecule has 1 aromatic carbocycles. The molecule has 4 heteroatoms. The molecule has 1 N–H and O–H groups in total. The van der Waals surface area contributed by atoms with Gasteiger partial charge in [-0.15, -0.1) is 0 Å². The molecule has 0 fully saturated rings. The van der Waals surface area contributed by atoms with Crippen molar-refractivity contribution in [2.24, 2.45) is 0 Å². The van der Waals surface area contributed by atoms with Crippen LogP contribution < -0.4 is 5.32 Å². The predicted molar refractivity (Wildman–Crippen MR) is 61.5 cm³/mol. The molecule has 0 heterocycles. The van der Waals surface area contributed by atoms with Crippen LogP contribution in [0.1, 0.15) is 18.5 Å². The highest BCUT2D eigenvalue weighted by atomic mass is 19.1. The zero-order valence-corrected chi connectivity index (χ0v) is 9.83. The SMILES string of the molecule is CC(=O)NC[C@H](c1cccc(F)c1)N(C)C. The fourth-order valence-corrected chi connectivity index (χ4v) is 1.55.